The van der Waals surface area contributed by atoms with Gasteiger partial charge in [0.1, 0.15) is 5.75 Å². The molecule has 0 amide bonds. The van der Waals surface area contributed by atoms with Crippen molar-refractivity contribution in [3.05, 3.63) is 29.8 Å². The van der Waals surface area contributed by atoms with Gasteiger partial charge < -0.3 is 4.74 Å². The van der Waals surface area contributed by atoms with E-state index in [-0.39, 0.29) is 11.1 Å². The Hall–Kier alpha value is -0.900. The van der Waals surface area contributed by atoms with Gasteiger partial charge in [0.15, 0.2) is 0 Å². The third-order valence-corrected chi connectivity index (χ3v) is 4.40. The topological polar surface area (TPSA) is 9.23 Å². The molecule has 0 spiro atoms. The summed E-state index contributed by atoms with van der Waals surface area (Å²) < 4.78 is 39.9. The number of benzene rings is 1. The van der Waals surface area contributed by atoms with Gasteiger partial charge in [-0.25, -0.2) is 0 Å². The lowest BCUT2D eigenvalue weighted by atomic mass is 9.91. The fourth-order valence-corrected chi connectivity index (χ4v) is 2.94. The smallest absolute Gasteiger partial charge is 0.406 e. The van der Waals surface area contributed by atoms with Crippen molar-refractivity contribution in [2.75, 3.05) is 0 Å². The maximum absolute atomic E-state index is 12.0. The fraction of sp³-hybridized carbons (Fsp3) is 0.571. The molecule has 3 atom stereocenters. The quantitative estimate of drug-likeness (QED) is 0.728. The van der Waals surface area contributed by atoms with Gasteiger partial charge in [-0.1, -0.05) is 19.1 Å². The maximum atomic E-state index is 12.0. The van der Waals surface area contributed by atoms with Crippen LogP contribution in [0.2, 0.25) is 0 Å². The van der Waals surface area contributed by atoms with Crippen LogP contribution < -0.4 is 4.74 Å². The van der Waals surface area contributed by atoms with Gasteiger partial charge in [-0.3, -0.25) is 0 Å². The molecule has 1 nitrogen and oxygen atoms in total. The minimum absolute atomic E-state index is 0.175. The van der Waals surface area contributed by atoms with E-state index >= 15 is 0 Å². The lowest BCUT2D eigenvalue weighted by Crippen LogP contribution is -2.17. The molecule has 0 bridgehead atoms. The second kappa shape index (κ2) is 5.61. The highest BCUT2D eigenvalue weighted by atomic mass is 35.5. The van der Waals surface area contributed by atoms with Crippen molar-refractivity contribution in [2.45, 2.75) is 37.9 Å². The van der Waals surface area contributed by atoms with Crippen LogP contribution in [0.4, 0.5) is 13.2 Å². The zero-order valence-electron chi connectivity index (χ0n) is 10.6. The molecule has 1 fully saturated rings. The predicted molar refractivity (Wildman–Crippen MR) is 68.4 cm³/mol. The van der Waals surface area contributed by atoms with Gasteiger partial charge in [0.05, 0.1) is 0 Å². The number of alkyl halides is 4. The van der Waals surface area contributed by atoms with E-state index in [0.29, 0.717) is 11.8 Å². The first-order valence-corrected chi connectivity index (χ1v) is 6.77. The molecule has 0 aromatic heterocycles. The molecule has 2 rings (SSSR count). The Morgan fingerprint density at radius 3 is 2.32 bits per heavy atom. The van der Waals surface area contributed by atoms with Crippen molar-refractivity contribution in [2.24, 2.45) is 11.8 Å². The summed E-state index contributed by atoms with van der Waals surface area (Å²) in [6.45, 7) is 2.14. The summed E-state index contributed by atoms with van der Waals surface area (Å²) in [6.07, 6.45) is -1.68. The summed E-state index contributed by atoms with van der Waals surface area (Å²) in [5.41, 5.74) is 1.03. The highest BCUT2D eigenvalue weighted by molar-refractivity contribution is 6.20. The molecule has 19 heavy (non-hydrogen) atoms. The van der Waals surface area contributed by atoms with E-state index < -0.39 is 6.36 Å². The van der Waals surface area contributed by atoms with Crippen LogP contribution in [0, 0.1) is 11.8 Å². The van der Waals surface area contributed by atoms with Gasteiger partial charge in [-0.15, -0.1) is 24.8 Å². The van der Waals surface area contributed by atoms with Gasteiger partial charge in [-0.2, -0.15) is 0 Å². The summed E-state index contributed by atoms with van der Waals surface area (Å²) >= 11 is 6.18. The second-order valence-corrected chi connectivity index (χ2v) is 5.67. The first-order valence-electron chi connectivity index (χ1n) is 6.34. The van der Waals surface area contributed by atoms with Crippen molar-refractivity contribution >= 4 is 11.6 Å². The monoisotopic (exact) mass is 292 g/mol. The molecule has 1 aromatic rings. The normalized spacial score (nSPS) is 27.5. The lowest BCUT2D eigenvalue weighted by Gasteiger charge is -2.17. The second-order valence-electron chi connectivity index (χ2n) is 5.11. The number of rotatable bonds is 3. The molecule has 1 saturated carbocycles. The highest BCUT2D eigenvalue weighted by Gasteiger charge is 2.32. The largest absolute Gasteiger partial charge is 0.573 e. The van der Waals surface area contributed by atoms with Crippen LogP contribution in [0.3, 0.4) is 0 Å². The molecule has 0 saturated heterocycles. The Morgan fingerprint density at radius 2 is 1.84 bits per heavy atom. The van der Waals surface area contributed by atoms with Gasteiger partial charge in [0, 0.05) is 5.38 Å². The van der Waals surface area contributed by atoms with Crippen molar-refractivity contribution in [3.8, 4) is 5.75 Å². The fourth-order valence-electron chi connectivity index (χ4n) is 2.61. The molecule has 1 aromatic carbocycles. The molecule has 0 N–H and O–H groups in total. The van der Waals surface area contributed by atoms with Crippen LogP contribution in [-0.4, -0.2) is 11.7 Å². The summed E-state index contributed by atoms with van der Waals surface area (Å²) in [5, 5.41) is 0.220. The third-order valence-electron chi connectivity index (χ3n) is 3.78. The third kappa shape index (κ3) is 4.03. The van der Waals surface area contributed by atoms with Gasteiger partial charge in [-0.05, 0) is 48.8 Å². The van der Waals surface area contributed by atoms with Gasteiger partial charge in [0.2, 0.25) is 0 Å². The SMILES string of the molecule is CC1C(Cl)CCC1Cc1ccc(OC(F)(F)F)cc1. The van der Waals surface area contributed by atoms with E-state index in [9.17, 15) is 13.2 Å². The molecular formula is C14H16ClF3O. The van der Waals surface area contributed by atoms with E-state index in [2.05, 4.69) is 11.7 Å². The van der Waals surface area contributed by atoms with E-state index in [4.69, 9.17) is 11.6 Å². The minimum Gasteiger partial charge on any atom is -0.406 e. The average molecular weight is 293 g/mol. The zero-order valence-corrected chi connectivity index (χ0v) is 11.3. The Kier molecular flexibility index (Phi) is 4.29. The Labute approximate surface area is 115 Å². The van der Waals surface area contributed by atoms with E-state index in [0.717, 1.165) is 24.8 Å². The van der Waals surface area contributed by atoms with Crippen LogP contribution in [0.1, 0.15) is 25.3 Å². The first kappa shape index (κ1) is 14.5. The van der Waals surface area contributed by atoms with Crippen molar-refractivity contribution in [1.82, 2.24) is 0 Å². The summed E-state index contributed by atoms with van der Waals surface area (Å²) in [4.78, 5) is 0. The van der Waals surface area contributed by atoms with Crippen molar-refractivity contribution < 1.29 is 17.9 Å². The predicted octanol–water partition coefficient (Wildman–Crippen LogP) is 4.78. The Balaban J connectivity index is 1.96. The maximum Gasteiger partial charge on any atom is 0.573 e. The number of ether oxygens (including phenoxy) is 1. The zero-order chi connectivity index (χ0) is 14.0. The lowest BCUT2D eigenvalue weighted by molar-refractivity contribution is -0.274. The van der Waals surface area contributed by atoms with Crippen LogP contribution >= 0.6 is 11.6 Å². The van der Waals surface area contributed by atoms with E-state index in [1.807, 2.05) is 0 Å². The van der Waals surface area contributed by atoms with E-state index in [1.54, 1.807) is 12.1 Å². The molecule has 106 valence electrons. The van der Waals surface area contributed by atoms with E-state index in [1.165, 1.54) is 12.1 Å². The van der Waals surface area contributed by atoms with Crippen LogP contribution in [0.25, 0.3) is 0 Å². The minimum atomic E-state index is -4.63. The highest BCUT2D eigenvalue weighted by Crippen LogP contribution is 2.37. The van der Waals surface area contributed by atoms with Crippen LogP contribution in [-0.2, 0) is 6.42 Å². The summed E-state index contributed by atoms with van der Waals surface area (Å²) in [7, 11) is 0. The Morgan fingerprint density at radius 1 is 1.21 bits per heavy atom. The van der Waals surface area contributed by atoms with Crippen LogP contribution in [0.5, 0.6) is 5.75 Å². The number of hydrogen-bond acceptors (Lipinski definition) is 1. The van der Waals surface area contributed by atoms with Crippen molar-refractivity contribution in [3.63, 3.8) is 0 Å². The molecule has 1 aliphatic carbocycles. The number of hydrogen-bond donors (Lipinski definition) is 0. The van der Waals surface area contributed by atoms with Crippen molar-refractivity contribution in [1.29, 1.82) is 0 Å². The molecule has 0 aliphatic heterocycles. The standard InChI is InChI=1S/C14H16ClF3O/c1-9-11(4-7-13(9)15)8-10-2-5-12(6-3-10)19-14(16,17)18/h2-3,5-6,9,11,13H,4,7-8H2,1H3. The molecular weight excluding hydrogens is 277 g/mol. The summed E-state index contributed by atoms with van der Waals surface area (Å²) in [5.74, 6) is 0.788. The van der Waals surface area contributed by atoms with Crippen LogP contribution in [0.15, 0.2) is 24.3 Å². The molecule has 1 aliphatic rings. The Bertz CT molecular complexity index is 416. The first-order chi connectivity index (χ1) is 8.85. The molecule has 0 heterocycles. The van der Waals surface area contributed by atoms with Gasteiger partial charge >= 0.3 is 6.36 Å². The molecule has 3 unspecified atom stereocenters. The average Bonchev–Trinajstić information content (AvgIpc) is 2.62. The van der Waals surface area contributed by atoms with Gasteiger partial charge in [0.25, 0.3) is 0 Å². The molecule has 0 radical (unpaired) electrons. The number of halogens is 4. The summed E-state index contributed by atoms with van der Waals surface area (Å²) in [6, 6.07) is 6.10. The molecule has 5 heteroatoms.